The molecular formula is C16H19F3N4O3. The Balaban J connectivity index is 2.59. The van der Waals surface area contributed by atoms with Crippen molar-refractivity contribution in [3.63, 3.8) is 0 Å². The molecule has 1 unspecified atom stereocenters. The molecule has 142 valence electrons. The number of aromatic nitrogens is 2. The molecular weight excluding hydrogens is 353 g/mol. The molecule has 10 heteroatoms. The van der Waals surface area contributed by atoms with Crippen LogP contribution in [0, 0.1) is 0 Å². The first-order valence-electron chi connectivity index (χ1n) is 7.77. The average molecular weight is 372 g/mol. The lowest BCUT2D eigenvalue weighted by Crippen LogP contribution is -2.35. The van der Waals surface area contributed by atoms with E-state index in [2.05, 4.69) is 15.6 Å². The number of ether oxygens (including phenoxy) is 1. The summed E-state index contributed by atoms with van der Waals surface area (Å²) in [4.78, 5) is 27.7. The predicted octanol–water partition coefficient (Wildman–Crippen LogP) is 3.07. The topological polar surface area (TPSA) is 85.2 Å². The molecule has 2 aromatic heterocycles. The van der Waals surface area contributed by atoms with Crippen LogP contribution in [-0.4, -0.2) is 40.8 Å². The van der Waals surface area contributed by atoms with E-state index in [9.17, 15) is 22.8 Å². The van der Waals surface area contributed by atoms with E-state index in [1.165, 1.54) is 37.8 Å². The molecule has 0 aromatic carbocycles. The van der Waals surface area contributed by atoms with Gasteiger partial charge in [-0.25, -0.2) is 9.78 Å². The van der Waals surface area contributed by atoms with Crippen LogP contribution in [-0.2, 0) is 16.6 Å². The Hall–Kier alpha value is -2.78. The molecule has 0 spiro atoms. The minimum atomic E-state index is -4.42. The molecule has 1 amide bonds. The third-order valence-corrected chi connectivity index (χ3v) is 3.85. The number of fused-ring (bicyclic) bond motifs is 1. The summed E-state index contributed by atoms with van der Waals surface area (Å²) in [6, 6.07) is -0.330. The molecule has 0 aliphatic heterocycles. The number of anilines is 2. The fourth-order valence-electron chi connectivity index (χ4n) is 2.64. The molecule has 0 bridgehead atoms. The van der Waals surface area contributed by atoms with Gasteiger partial charge in [-0.3, -0.25) is 4.79 Å². The van der Waals surface area contributed by atoms with Crippen molar-refractivity contribution in [3.8, 4) is 0 Å². The van der Waals surface area contributed by atoms with Crippen molar-refractivity contribution in [2.45, 2.75) is 32.5 Å². The summed E-state index contributed by atoms with van der Waals surface area (Å²) in [7, 11) is 2.73. The van der Waals surface area contributed by atoms with E-state index < -0.39 is 24.1 Å². The van der Waals surface area contributed by atoms with Crippen molar-refractivity contribution in [1.82, 2.24) is 9.55 Å². The van der Waals surface area contributed by atoms with Crippen LogP contribution in [0.2, 0.25) is 0 Å². The monoisotopic (exact) mass is 372 g/mol. The van der Waals surface area contributed by atoms with Crippen LogP contribution in [0.25, 0.3) is 11.0 Å². The zero-order valence-corrected chi connectivity index (χ0v) is 14.7. The molecule has 26 heavy (non-hydrogen) atoms. The van der Waals surface area contributed by atoms with Crippen LogP contribution in [0.3, 0.4) is 0 Å². The quantitative estimate of drug-likeness (QED) is 0.788. The molecule has 0 saturated carbocycles. The van der Waals surface area contributed by atoms with Gasteiger partial charge in [0.25, 0.3) is 0 Å². The SMILES string of the molecule is CCC(Nc1cnc2c(c1)c(NC(C)=O)c(C(=O)OC)n2C)C(F)(F)F. The lowest BCUT2D eigenvalue weighted by molar-refractivity contribution is -0.142. The van der Waals surface area contributed by atoms with Crippen molar-refractivity contribution in [3.05, 3.63) is 18.0 Å². The number of carbonyl (C=O) groups excluding carboxylic acids is 2. The fraction of sp³-hybridized carbons (Fsp3) is 0.438. The highest BCUT2D eigenvalue weighted by atomic mass is 19.4. The summed E-state index contributed by atoms with van der Waals surface area (Å²) in [5.41, 5.74) is 0.623. The molecule has 0 aliphatic rings. The average Bonchev–Trinajstić information content (AvgIpc) is 2.82. The number of alkyl halides is 3. The standard InChI is InChI=1S/C16H19F3N4O3/c1-5-11(16(17,18)19)22-9-6-10-12(21-8(2)24)13(15(25)26-4)23(3)14(10)20-7-9/h6-7,11,22H,5H2,1-4H3,(H,21,24). The summed E-state index contributed by atoms with van der Waals surface area (Å²) in [5, 5.41) is 5.24. The van der Waals surface area contributed by atoms with Crippen LogP contribution in [0.4, 0.5) is 24.5 Å². The Kier molecular flexibility index (Phi) is 5.43. The van der Waals surface area contributed by atoms with Crippen molar-refractivity contribution in [2.75, 3.05) is 17.7 Å². The first kappa shape index (κ1) is 19.5. The molecule has 7 nitrogen and oxygen atoms in total. The smallest absolute Gasteiger partial charge is 0.408 e. The molecule has 0 aliphatic carbocycles. The van der Waals surface area contributed by atoms with Gasteiger partial charge in [-0.05, 0) is 12.5 Å². The minimum absolute atomic E-state index is 0.0465. The number of halogens is 3. The van der Waals surface area contributed by atoms with E-state index >= 15 is 0 Å². The highest BCUT2D eigenvalue weighted by molar-refractivity contribution is 6.10. The van der Waals surface area contributed by atoms with Gasteiger partial charge in [0.05, 0.1) is 24.7 Å². The van der Waals surface area contributed by atoms with Gasteiger partial charge < -0.3 is 19.9 Å². The largest absolute Gasteiger partial charge is 0.464 e. The Labute approximate surface area is 147 Å². The summed E-state index contributed by atoms with van der Waals surface area (Å²) < 4.78 is 45.1. The number of nitrogens with one attached hydrogen (secondary N) is 2. The van der Waals surface area contributed by atoms with Gasteiger partial charge in [-0.1, -0.05) is 6.92 Å². The molecule has 1 atom stereocenters. The maximum absolute atomic E-state index is 13.0. The van der Waals surface area contributed by atoms with E-state index in [0.29, 0.717) is 11.0 Å². The Morgan fingerprint density at radius 1 is 1.38 bits per heavy atom. The molecule has 2 rings (SSSR count). The predicted molar refractivity (Wildman–Crippen MR) is 90.1 cm³/mol. The van der Waals surface area contributed by atoms with E-state index in [1.807, 2.05) is 0 Å². The third kappa shape index (κ3) is 3.73. The van der Waals surface area contributed by atoms with E-state index in [-0.39, 0.29) is 23.5 Å². The van der Waals surface area contributed by atoms with Crippen molar-refractivity contribution in [1.29, 1.82) is 0 Å². The molecule has 0 radical (unpaired) electrons. The van der Waals surface area contributed by atoms with Gasteiger partial charge >= 0.3 is 12.1 Å². The Morgan fingerprint density at radius 2 is 2.04 bits per heavy atom. The van der Waals surface area contributed by atoms with Gasteiger partial charge in [-0.2, -0.15) is 13.2 Å². The lowest BCUT2D eigenvalue weighted by atomic mass is 10.2. The summed E-state index contributed by atoms with van der Waals surface area (Å²) in [6.45, 7) is 2.67. The minimum Gasteiger partial charge on any atom is -0.464 e. The lowest BCUT2D eigenvalue weighted by Gasteiger charge is -2.21. The zero-order chi connectivity index (χ0) is 19.6. The second-order valence-corrected chi connectivity index (χ2v) is 5.70. The summed E-state index contributed by atoms with van der Waals surface area (Å²) in [6.07, 6.45) is -3.34. The molecule has 2 aromatic rings. The van der Waals surface area contributed by atoms with Gasteiger partial charge in [0.1, 0.15) is 11.7 Å². The first-order chi connectivity index (χ1) is 12.1. The van der Waals surface area contributed by atoms with Crippen LogP contribution >= 0.6 is 0 Å². The van der Waals surface area contributed by atoms with Gasteiger partial charge in [0, 0.05) is 19.4 Å². The number of amides is 1. The van der Waals surface area contributed by atoms with Crippen LogP contribution < -0.4 is 10.6 Å². The summed E-state index contributed by atoms with van der Waals surface area (Å²) >= 11 is 0. The molecule has 0 saturated heterocycles. The number of carbonyl (C=O) groups is 2. The Morgan fingerprint density at radius 3 is 2.54 bits per heavy atom. The second kappa shape index (κ2) is 7.22. The third-order valence-electron chi connectivity index (χ3n) is 3.85. The van der Waals surface area contributed by atoms with Crippen molar-refractivity contribution < 1.29 is 27.5 Å². The Bertz CT molecular complexity index is 845. The number of methoxy groups -OCH3 is 1. The number of hydrogen-bond donors (Lipinski definition) is 2. The van der Waals surface area contributed by atoms with Crippen LogP contribution in [0.5, 0.6) is 0 Å². The number of pyridine rings is 1. The fourth-order valence-corrected chi connectivity index (χ4v) is 2.64. The van der Waals surface area contributed by atoms with Gasteiger partial charge in [0.15, 0.2) is 5.69 Å². The maximum atomic E-state index is 13.0. The molecule has 0 fully saturated rings. The second-order valence-electron chi connectivity index (χ2n) is 5.70. The van der Waals surface area contributed by atoms with E-state index in [0.717, 1.165) is 0 Å². The van der Waals surface area contributed by atoms with E-state index in [1.54, 1.807) is 7.05 Å². The van der Waals surface area contributed by atoms with Crippen LogP contribution in [0.1, 0.15) is 30.8 Å². The van der Waals surface area contributed by atoms with Gasteiger partial charge in [0.2, 0.25) is 5.91 Å². The highest BCUT2D eigenvalue weighted by Crippen LogP contribution is 2.33. The zero-order valence-electron chi connectivity index (χ0n) is 14.7. The normalized spacial score (nSPS) is 12.7. The highest BCUT2D eigenvalue weighted by Gasteiger charge is 2.38. The van der Waals surface area contributed by atoms with Crippen molar-refractivity contribution in [2.24, 2.45) is 7.05 Å². The van der Waals surface area contributed by atoms with E-state index in [4.69, 9.17) is 4.74 Å². The van der Waals surface area contributed by atoms with Crippen molar-refractivity contribution >= 4 is 34.3 Å². The number of nitrogens with zero attached hydrogens (tertiary/aromatic N) is 2. The molecule has 2 N–H and O–H groups in total. The first-order valence-corrected chi connectivity index (χ1v) is 7.77. The number of aryl methyl sites for hydroxylation is 1. The number of hydrogen-bond acceptors (Lipinski definition) is 5. The summed E-state index contributed by atoms with van der Waals surface area (Å²) in [5.74, 6) is -1.15. The van der Waals surface area contributed by atoms with Gasteiger partial charge in [-0.15, -0.1) is 0 Å². The number of rotatable bonds is 5. The van der Waals surface area contributed by atoms with Crippen LogP contribution in [0.15, 0.2) is 12.3 Å². The molecule has 2 heterocycles. The maximum Gasteiger partial charge on any atom is 0.408 e. The number of esters is 1.